The molecule has 0 spiro atoms. The van der Waals surface area contributed by atoms with Crippen molar-refractivity contribution in [3.05, 3.63) is 81.6 Å². The van der Waals surface area contributed by atoms with E-state index in [0.717, 1.165) is 24.7 Å². The van der Waals surface area contributed by atoms with Gasteiger partial charge in [-0.25, -0.2) is 13.4 Å². The molecule has 14 heteroatoms. The molecule has 0 radical (unpaired) electrons. The zero-order valence-electron chi connectivity index (χ0n) is 23.5. The summed E-state index contributed by atoms with van der Waals surface area (Å²) in [6, 6.07) is 11.2. The van der Waals surface area contributed by atoms with Crippen LogP contribution in [0.5, 0.6) is 11.5 Å². The van der Waals surface area contributed by atoms with Gasteiger partial charge in [0.15, 0.2) is 23.9 Å². The van der Waals surface area contributed by atoms with Crippen molar-refractivity contribution in [2.24, 2.45) is 5.92 Å². The van der Waals surface area contributed by atoms with E-state index < -0.39 is 28.7 Å². The predicted molar refractivity (Wildman–Crippen MR) is 158 cm³/mol. The van der Waals surface area contributed by atoms with Crippen LogP contribution in [-0.4, -0.2) is 52.4 Å². The second-order valence-corrected chi connectivity index (χ2v) is 13.0. The molecule has 1 saturated carbocycles. The largest absolute Gasteiger partial charge is 0.489 e. The number of anilines is 1. The maximum atomic E-state index is 13.2. The molecule has 1 aliphatic rings. The van der Waals surface area contributed by atoms with Crippen molar-refractivity contribution in [1.82, 2.24) is 4.90 Å². The Balaban J connectivity index is 1.51. The van der Waals surface area contributed by atoms with E-state index in [4.69, 9.17) is 32.7 Å². The fourth-order valence-electron chi connectivity index (χ4n) is 4.28. The summed E-state index contributed by atoms with van der Waals surface area (Å²) in [5.74, 6) is -0.189. The molecule has 0 amide bonds. The lowest BCUT2D eigenvalue weighted by Crippen LogP contribution is -2.28. The maximum Gasteiger partial charge on any atom is 0.387 e. The van der Waals surface area contributed by atoms with E-state index in [0.29, 0.717) is 45.9 Å². The molecular weight excluding hydrogens is 627 g/mol. The summed E-state index contributed by atoms with van der Waals surface area (Å²) in [5, 5.41) is 0.671. The molecule has 1 aromatic heterocycles. The van der Waals surface area contributed by atoms with Gasteiger partial charge in [-0.15, -0.1) is 0 Å². The van der Waals surface area contributed by atoms with Gasteiger partial charge in [-0.05, 0) is 61.2 Å². The van der Waals surface area contributed by atoms with Crippen LogP contribution in [0.2, 0.25) is 10.0 Å². The number of benzene rings is 2. The number of halogens is 4. The summed E-state index contributed by atoms with van der Waals surface area (Å²) in [4.78, 5) is 17.7. The van der Waals surface area contributed by atoms with Crippen LogP contribution >= 0.6 is 23.2 Å². The van der Waals surface area contributed by atoms with E-state index in [1.807, 2.05) is 0 Å². The molecule has 2 aromatic carbocycles. The molecule has 232 valence electrons. The van der Waals surface area contributed by atoms with Crippen LogP contribution in [0.1, 0.15) is 35.6 Å². The van der Waals surface area contributed by atoms with Gasteiger partial charge in [0, 0.05) is 24.2 Å². The molecule has 3 aromatic rings. The van der Waals surface area contributed by atoms with Crippen molar-refractivity contribution in [2.45, 2.75) is 38.5 Å². The number of sulfonamides is 1. The maximum absolute atomic E-state index is 13.2. The number of carbonyl (C=O) groups is 1. The molecule has 9 nitrogen and oxygen atoms in total. The number of hydrogen-bond acceptors (Lipinski definition) is 7. The third kappa shape index (κ3) is 10.5. The average Bonchev–Trinajstić information content (AvgIpc) is 3.74. The summed E-state index contributed by atoms with van der Waals surface area (Å²) < 4.78 is 67.8. The molecule has 1 aliphatic carbocycles. The van der Waals surface area contributed by atoms with Gasteiger partial charge in [0.1, 0.15) is 16.1 Å². The number of likely N-dealkylation sites (N-methyl/N-ethyl adjacent to an activating group) is 1. The molecule has 0 saturated heterocycles. The Morgan fingerprint density at radius 2 is 1.77 bits per heavy atom. The van der Waals surface area contributed by atoms with Crippen molar-refractivity contribution in [2.75, 3.05) is 31.2 Å². The number of pyridine rings is 1. The van der Waals surface area contributed by atoms with Crippen LogP contribution in [0, 0.1) is 5.92 Å². The van der Waals surface area contributed by atoms with Gasteiger partial charge in [-0.2, -0.15) is 8.78 Å². The summed E-state index contributed by atoms with van der Waals surface area (Å²) >= 11 is 12.8. The number of carbonyl (C=O) groups excluding carboxylic acids is 1. The van der Waals surface area contributed by atoms with Crippen molar-refractivity contribution < 1.29 is 41.2 Å². The van der Waals surface area contributed by atoms with Gasteiger partial charge in [-0.3, -0.25) is 14.4 Å². The first kappa shape index (κ1) is 32.7. The van der Waals surface area contributed by atoms with Crippen molar-refractivity contribution >= 4 is 44.9 Å². The predicted octanol–water partition coefficient (Wildman–Crippen LogP) is 5.53. The van der Waals surface area contributed by atoms with E-state index in [1.165, 1.54) is 18.2 Å². The number of rotatable bonds is 15. The normalized spacial score (nSPS) is 14.0. The van der Waals surface area contributed by atoms with Gasteiger partial charge in [0.05, 0.1) is 19.4 Å². The highest BCUT2D eigenvalue weighted by Gasteiger charge is 2.26. The molecule has 1 atom stereocenters. The molecule has 43 heavy (non-hydrogen) atoms. The van der Waals surface area contributed by atoms with Crippen LogP contribution in [-0.2, 0) is 32.5 Å². The highest BCUT2D eigenvalue weighted by atomic mass is 35.5. The van der Waals surface area contributed by atoms with Gasteiger partial charge >= 0.3 is 12.6 Å². The van der Waals surface area contributed by atoms with E-state index in [9.17, 15) is 22.0 Å². The van der Waals surface area contributed by atoms with E-state index in [1.54, 1.807) is 48.6 Å². The number of H-pyrrole nitrogens is 1. The van der Waals surface area contributed by atoms with Gasteiger partial charge in [-0.1, -0.05) is 41.4 Å². The highest BCUT2D eigenvalue weighted by Crippen LogP contribution is 2.37. The average molecular weight is 660 g/mol. The summed E-state index contributed by atoms with van der Waals surface area (Å²) in [6.07, 6.45) is 5.40. The second kappa shape index (κ2) is 14.5. The molecule has 1 fully saturated rings. The minimum Gasteiger partial charge on any atom is -0.489 e. The van der Waals surface area contributed by atoms with Crippen LogP contribution in [0.3, 0.4) is 0 Å². The second-order valence-electron chi connectivity index (χ2n) is 10.4. The van der Waals surface area contributed by atoms with Crippen molar-refractivity contribution in [3.8, 4) is 11.5 Å². The lowest BCUT2D eigenvalue weighted by atomic mass is 10.0. The van der Waals surface area contributed by atoms with Crippen molar-refractivity contribution in [1.29, 1.82) is 0 Å². The first-order valence-corrected chi connectivity index (χ1v) is 16.0. The summed E-state index contributed by atoms with van der Waals surface area (Å²) in [7, 11) is -1.66. The van der Waals surface area contributed by atoms with E-state index in [2.05, 4.69) is 14.4 Å². The Morgan fingerprint density at radius 1 is 1.09 bits per heavy atom. The minimum atomic E-state index is -3.39. The Hall–Kier alpha value is -3.19. The summed E-state index contributed by atoms with van der Waals surface area (Å²) in [6.45, 7) is -2.38. The number of ether oxygens (including phenoxy) is 3. The monoisotopic (exact) mass is 658 g/mol. The summed E-state index contributed by atoms with van der Waals surface area (Å²) in [5.41, 5.74) is 2.29. The topological polar surface area (TPSA) is 108 Å². The fourth-order valence-corrected chi connectivity index (χ4v) is 5.38. The third-order valence-corrected chi connectivity index (χ3v) is 7.78. The Labute approximate surface area is 259 Å². The van der Waals surface area contributed by atoms with Crippen LogP contribution in [0.25, 0.3) is 0 Å². The Kier molecular flexibility index (Phi) is 11.0. The number of esters is 1. The van der Waals surface area contributed by atoms with E-state index >= 15 is 0 Å². The molecule has 2 N–H and O–H groups in total. The Morgan fingerprint density at radius 3 is 2.37 bits per heavy atom. The van der Waals surface area contributed by atoms with Crippen molar-refractivity contribution in [3.63, 3.8) is 0 Å². The van der Waals surface area contributed by atoms with E-state index in [-0.39, 0.29) is 24.5 Å². The molecule has 1 unspecified atom stereocenters. The van der Waals surface area contributed by atoms with Gasteiger partial charge in [0.2, 0.25) is 10.0 Å². The Bertz CT molecular complexity index is 1500. The number of nitrogens with zero attached hydrogens (tertiary/aromatic N) is 1. The fraction of sp³-hybridized carbons (Fsp3) is 0.379. The van der Waals surface area contributed by atoms with Gasteiger partial charge in [0.25, 0.3) is 0 Å². The minimum absolute atomic E-state index is 0.0819. The number of hydrogen-bond donors (Lipinski definition) is 1. The first-order valence-electron chi connectivity index (χ1n) is 13.4. The third-order valence-electron chi connectivity index (χ3n) is 6.50. The van der Waals surface area contributed by atoms with Crippen LogP contribution in [0.15, 0.2) is 54.9 Å². The number of alkyl halides is 2. The molecule has 0 bridgehead atoms. The number of aromatic nitrogens is 1. The lowest BCUT2D eigenvalue weighted by molar-refractivity contribution is -0.377. The first-order chi connectivity index (χ1) is 20.4. The SMILES string of the molecule is CN(CC(=O)OC(Cc1c(Cl)c[nH+]cc1Cl)c1ccc(OC(F)F)c(OCC2CC2)c1)Cc1ccc(NS(C)(=O)=O)cc1. The number of aromatic amines is 1. The molecule has 4 rings (SSSR count). The zero-order valence-corrected chi connectivity index (χ0v) is 25.8. The zero-order chi connectivity index (χ0) is 31.1. The molecule has 1 heterocycles. The molecule has 0 aliphatic heterocycles. The molecular formula is C29H32Cl2F2N3O6S+. The van der Waals surface area contributed by atoms with Gasteiger partial charge < -0.3 is 14.2 Å². The lowest BCUT2D eigenvalue weighted by Gasteiger charge is -2.23. The smallest absolute Gasteiger partial charge is 0.387 e. The van der Waals surface area contributed by atoms with Crippen LogP contribution < -0.4 is 19.2 Å². The number of nitrogens with one attached hydrogen (secondary N) is 2. The quantitative estimate of drug-likeness (QED) is 0.214. The van der Waals surface area contributed by atoms with Crippen LogP contribution in [0.4, 0.5) is 14.5 Å². The highest BCUT2D eigenvalue weighted by molar-refractivity contribution is 7.92. The standard InChI is InChI=1S/C29H31Cl2F2N3O6S/c1-36(15-18-5-8-21(9-6-18)35-43(2,38)39)16-28(37)41-26(12-22-23(30)13-34-14-24(22)31)20-7-10-25(42-29(32)33)27(11-20)40-17-19-3-4-19/h5-11,13-14,19,26,29,35H,3-4,12,15-17H2,1-2H3/p+1.